The Labute approximate surface area is 337 Å². The van der Waals surface area contributed by atoms with Crippen LogP contribution in [0.4, 0.5) is 0 Å². The minimum Gasteiger partial charge on any atom is -0.228 e. The lowest BCUT2D eigenvalue weighted by molar-refractivity contribution is 1.18. The minimum absolute atomic E-state index is 0.693. The molecule has 2 aromatic heterocycles. The summed E-state index contributed by atoms with van der Waals surface area (Å²) in [6, 6.07) is 75.7. The summed E-state index contributed by atoms with van der Waals surface area (Å²) in [6.07, 6.45) is 0. The molecule has 0 radical (unpaired) electrons. The van der Waals surface area contributed by atoms with Crippen molar-refractivity contribution in [1.29, 1.82) is 0 Å². The first kappa shape index (κ1) is 34.7. The van der Waals surface area contributed by atoms with E-state index in [-0.39, 0.29) is 0 Å². The van der Waals surface area contributed by atoms with Gasteiger partial charge < -0.3 is 0 Å². The number of benzene rings is 8. The van der Waals surface area contributed by atoms with Gasteiger partial charge in [-0.25, -0.2) is 19.9 Å². The van der Waals surface area contributed by atoms with Gasteiger partial charge in [0.05, 0.1) is 22.8 Å². The molecule has 0 fully saturated rings. The van der Waals surface area contributed by atoms with Crippen LogP contribution in [0.3, 0.4) is 0 Å². The fourth-order valence-electron chi connectivity index (χ4n) is 7.56. The molecule has 0 amide bonds. The van der Waals surface area contributed by atoms with E-state index in [4.69, 9.17) is 19.9 Å². The zero-order chi connectivity index (χ0) is 38.7. The van der Waals surface area contributed by atoms with Crippen LogP contribution in [0, 0.1) is 0 Å². The van der Waals surface area contributed by atoms with E-state index in [9.17, 15) is 0 Å². The molecule has 0 unspecified atom stereocenters. The van der Waals surface area contributed by atoms with E-state index in [0.29, 0.717) is 11.6 Å². The van der Waals surface area contributed by atoms with E-state index in [1.165, 1.54) is 5.39 Å². The van der Waals surface area contributed by atoms with Gasteiger partial charge in [0.15, 0.2) is 11.6 Å². The van der Waals surface area contributed by atoms with Crippen LogP contribution in [0.15, 0.2) is 218 Å². The van der Waals surface area contributed by atoms with Crippen LogP contribution in [-0.4, -0.2) is 19.9 Å². The Bertz CT molecular complexity index is 2920. The number of nitrogens with zero attached hydrogens (tertiary/aromatic N) is 4. The third-order valence-electron chi connectivity index (χ3n) is 10.5. The van der Waals surface area contributed by atoms with E-state index in [2.05, 4.69) is 146 Å². The van der Waals surface area contributed by atoms with Gasteiger partial charge in [-0.2, -0.15) is 0 Å². The summed E-state index contributed by atoms with van der Waals surface area (Å²) >= 11 is 0. The molecular weight excluding hydrogens is 705 g/mol. The molecule has 0 saturated carbocycles. The van der Waals surface area contributed by atoms with Crippen LogP contribution >= 0.6 is 0 Å². The summed E-state index contributed by atoms with van der Waals surface area (Å²) in [7, 11) is 0. The first-order valence-corrected chi connectivity index (χ1v) is 19.5. The summed E-state index contributed by atoms with van der Waals surface area (Å²) in [5.41, 5.74) is 14.2. The molecule has 0 N–H and O–H groups in total. The van der Waals surface area contributed by atoms with E-state index < -0.39 is 0 Å². The number of hydrogen-bond donors (Lipinski definition) is 0. The van der Waals surface area contributed by atoms with Crippen molar-refractivity contribution in [2.75, 3.05) is 0 Å². The molecule has 4 heteroatoms. The van der Waals surface area contributed by atoms with Gasteiger partial charge in [0.1, 0.15) is 0 Å². The molecule has 272 valence electrons. The SMILES string of the molecule is c1ccc(-c2cc(-c3ccccc3)nc(-c3cccc(-c4ccc5c(-c6cccc(-c7nc(-c8ccccc8)cc(-c8ccccc8)n7)c6)cccc5c4)c3)n2)cc1. The van der Waals surface area contributed by atoms with Crippen molar-refractivity contribution in [2.24, 2.45) is 0 Å². The van der Waals surface area contributed by atoms with Crippen molar-refractivity contribution in [3.63, 3.8) is 0 Å². The third kappa shape index (κ3) is 7.07. The number of fused-ring (bicyclic) bond motifs is 1. The highest BCUT2D eigenvalue weighted by Gasteiger charge is 2.15. The first-order chi connectivity index (χ1) is 28.7. The molecule has 2 heterocycles. The Balaban J connectivity index is 1.01. The van der Waals surface area contributed by atoms with Crippen LogP contribution in [0.1, 0.15) is 0 Å². The van der Waals surface area contributed by atoms with E-state index in [1.807, 2.05) is 72.8 Å². The first-order valence-electron chi connectivity index (χ1n) is 19.5. The van der Waals surface area contributed by atoms with Crippen LogP contribution in [0.25, 0.3) is 101 Å². The molecule has 58 heavy (non-hydrogen) atoms. The van der Waals surface area contributed by atoms with Crippen molar-refractivity contribution in [3.05, 3.63) is 218 Å². The summed E-state index contributed by atoms with van der Waals surface area (Å²) < 4.78 is 0. The van der Waals surface area contributed by atoms with E-state index in [1.54, 1.807) is 0 Å². The van der Waals surface area contributed by atoms with Crippen molar-refractivity contribution in [1.82, 2.24) is 19.9 Å². The molecule has 0 atom stereocenters. The number of rotatable bonds is 8. The molecule has 0 spiro atoms. The Morgan fingerprint density at radius 2 is 0.586 bits per heavy atom. The lowest BCUT2D eigenvalue weighted by Crippen LogP contribution is -1.96. The zero-order valence-corrected chi connectivity index (χ0v) is 31.6. The smallest absolute Gasteiger partial charge is 0.160 e. The molecule has 8 aromatic carbocycles. The van der Waals surface area contributed by atoms with Gasteiger partial charge >= 0.3 is 0 Å². The van der Waals surface area contributed by atoms with Gasteiger partial charge in [-0.05, 0) is 63.4 Å². The Kier molecular flexibility index (Phi) is 9.18. The fraction of sp³-hybridized carbons (Fsp3) is 0. The quantitative estimate of drug-likeness (QED) is 0.156. The highest BCUT2D eigenvalue weighted by atomic mass is 14.9. The normalized spacial score (nSPS) is 11.1. The molecular formula is C54H36N4. The predicted octanol–water partition coefficient (Wildman–Crippen LogP) is 13.8. The van der Waals surface area contributed by atoms with Gasteiger partial charge in [-0.3, -0.25) is 0 Å². The van der Waals surface area contributed by atoms with Gasteiger partial charge in [0.2, 0.25) is 0 Å². The highest BCUT2D eigenvalue weighted by molar-refractivity contribution is 5.99. The van der Waals surface area contributed by atoms with Crippen molar-refractivity contribution in [3.8, 4) is 90.1 Å². The Hall–Kier alpha value is -7.82. The monoisotopic (exact) mass is 740 g/mol. The lowest BCUT2D eigenvalue weighted by atomic mass is 9.94. The largest absolute Gasteiger partial charge is 0.228 e. The van der Waals surface area contributed by atoms with Gasteiger partial charge in [-0.15, -0.1) is 0 Å². The molecule has 10 aromatic rings. The fourth-order valence-corrected chi connectivity index (χ4v) is 7.56. The third-order valence-corrected chi connectivity index (χ3v) is 10.5. The number of aromatic nitrogens is 4. The van der Waals surface area contributed by atoms with Crippen molar-refractivity contribution >= 4 is 10.8 Å². The van der Waals surface area contributed by atoms with Gasteiger partial charge in [0.25, 0.3) is 0 Å². The molecule has 0 saturated heterocycles. The minimum atomic E-state index is 0.693. The lowest BCUT2D eigenvalue weighted by Gasteiger charge is -2.13. The van der Waals surface area contributed by atoms with E-state index in [0.717, 1.165) is 83.8 Å². The van der Waals surface area contributed by atoms with Crippen molar-refractivity contribution < 1.29 is 0 Å². The van der Waals surface area contributed by atoms with Crippen LogP contribution in [0.5, 0.6) is 0 Å². The number of hydrogen-bond acceptors (Lipinski definition) is 4. The molecule has 10 rings (SSSR count). The van der Waals surface area contributed by atoms with Crippen molar-refractivity contribution in [2.45, 2.75) is 0 Å². The maximum Gasteiger partial charge on any atom is 0.160 e. The second-order valence-corrected chi connectivity index (χ2v) is 14.3. The van der Waals surface area contributed by atoms with E-state index >= 15 is 0 Å². The predicted molar refractivity (Wildman–Crippen MR) is 239 cm³/mol. The highest BCUT2D eigenvalue weighted by Crippen LogP contribution is 2.36. The van der Waals surface area contributed by atoms with Crippen LogP contribution in [0.2, 0.25) is 0 Å². The molecule has 0 aliphatic carbocycles. The van der Waals surface area contributed by atoms with Crippen LogP contribution in [-0.2, 0) is 0 Å². The average Bonchev–Trinajstić information content (AvgIpc) is 3.32. The van der Waals surface area contributed by atoms with Gasteiger partial charge in [0, 0.05) is 33.4 Å². The average molecular weight is 741 g/mol. The van der Waals surface area contributed by atoms with Crippen LogP contribution < -0.4 is 0 Å². The molecule has 0 aliphatic rings. The second-order valence-electron chi connectivity index (χ2n) is 14.3. The topological polar surface area (TPSA) is 51.6 Å². The summed E-state index contributed by atoms with van der Waals surface area (Å²) in [6.45, 7) is 0. The summed E-state index contributed by atoms with van der Waals surface area (Å²) in [4.78, 5) is 20.3. The standard InChI is InChI=1S/C54H36N4/c1-5-16-37(17-6-1)49-35-50(38-18-7-2-8-19-38)56-53(55-49)45-27-13-24-41(33-45)42-30-31-48-43(32-42)26-15-29-47(48)44-25-14-28-46(34-44)54-57-51(39-20-9-3-10-21-39)36-52(58-54)40-22-11-4-12-23-40/h1-36H. The zero-order valence-electron chi connectivity index (χ0n) is 31.6. The molecule has 0 aliphatic heterocycles. The summed E-state index contributed by atoms with van der Waals surface area (Å²) in [5.74, 6) is 1.39. The second kappa shape index (κ2) is 15.4. The molecule has 0 bridgehead atoms. The Morgan fingerprint density at radius 1 is 0.224 bits per heavy atom. The Morgan fingerprint density at radius 3 is 1.05 bits per heavy atom. The maximum absolute atomic E-state index is 5.09. The maximum atomic E-state index is 5.09. The molecule has 4 nitrogen and oxygen atoms in total. The summed E-state index contributed by atoms with van der Waals surface area (Å²) in [5, 5.41) is 2.34. The van der Waals surface area contributed by atoms with Gasteiger partial charge in [-0.1, -0.05) is 188 Å².